The normalized spacial score (nSPS) is 30.0. The molecule has 3 aliphatic heterocycles. The summed E-state index contributed by atoms with van der Waals surface area (Å²) in [5.74, 6) is -10.2. The Kier molecular flexibility index (Phi) is 7.86. The van der Waals surface area contributed by atoms with Crippen LogP contribution in [0.5, 0.6) is 0 Å². The number of alkyl halides is 5. The highest BCUT2D eigenvalue weighted by Crippen LogP contribution is 2.49. The number of carbonyl (C=O) groups excluding carboxylic acids is 4. The molecular formula is C24H30F5N5O4. The molecule has 0 aromatic heterocycles. The van der Waals surface area contributed by atoms with Crippen LogP contribution in [0.3, 0.4) is 0 Å². The second-order valence-corrected chi connectivity index (χ2v) is 10.8. The van der Waals surface area contributed by atoms with Gasteiger partial charge in [-0.1, -0.05) is 19.3 Å². The fraction of sp³-hybridized carbons (Fsp3) is 0.792. The molecule has 9 nitrogen and oxygen atoms in total. The first kappa shape index (κ1) is 28.0. The Morgan fingerprint density at radius 3 is 2.34 bits per heavy atom. The summed E-state index contributed by atoms with van der Waals surface area (Å²) in [5.41, 5.74) is 0. The second kappa shape index (κ2) is 10.6. The van der Waals surface area contributed by atoms with Crippen LogP contribution >= 0.6 is 0 Å². The number of nitrogens with one attached hydrogen (secondary N) is 3. The Morgan fingerprint density at radius 1 is 1.11 bits per heavy atom. The van der Waals surface area contributed by atoms with Gasteiger partial charge in [0.2, 0.25) is 17.7 Å². The van der Waals surface area contributed by atoms with Crippen LogP contribution in [0.25, 0.3) is 0 Å². The molecule has 2 saturated carbocycles. The highest BCUT2D eigenvalue weighted by atomic mass is 19.4. The van der Waals surface area contributed by atoms with E-state index in [-0.39, 0.29) is 37.5 Å². The number of halogens is 5. The van der Waals surface area contributed by atoms with E-state index in [1.807, 2.05) is 6.07 Å². The Bertz CT molecular complexity index is 1010. The summed E-state index contributed by atoms with van der Waals surface area (Å²) >= 11 is 0. The van der Waals surface area contributed by atoms with E-state index in [1.54, 1.807) is 5.32 Å². The predicted molar refractivity (Wildman–Crippen MR) is 120 cm³/mol. The van der Waals surface area contributed by atoms with Gasteiger partial charge in [0.15, 0.2) is 0 Å². The third-order valence-electron chi connectivity index (χ3n) is 8.27. The lowest BCUT2D eigenvalue weighted by Gasteiger charge is -2.54. The van der Waals surface area contributed by atoms with Gasteiger partial charge in [0, 0.05) is 24.9 Å². The second-order valence-electron chi connectivity index (χ2n) is 10.8. The Balaban J connectivity index is 1.58. The van der Waals surface area contributed by atoms with Gasteiger partial charge in [-0.05, 0) is 38.0 Å². The molecule has 0 aromatic rings. The summed E-state index contributed by atoms with van der Waals surface area (Å²) in [5, 5.41) is 16.3. The first-order valence-corrected chi connectivity index (χ1v) is 12.9. The topological polar surface area (TPSA) is 131 Å². The molecule has 0 spiro atoms. The van der Waals surface area contributed by atoms with Crippen LogP contribution in [0.15, 0.2) is 0 Å². The monoisotopic (exact) mass is 547 g/mol. The number of piperidine rings is 2. The average molecular weight is 548 g/mol. The number of rotatable bonds is 8. The van der Waals surface area contributed by atoms with Crippen molar-refractivity contribution in [3.8, 4) is 6.07 Å². The van der Waals surface area contributed by atoms with Crippen LogP contribution in [0.4, 0.5) is 22.0 Å². The van der Waals surface area contributed by atoms with Crippen molar-refractivity contribution in [2.45, 2.75) is 94.1 Å². The van der Waals surface area contributed by atoms with Crippen molar-refractivity contribution < 1.29 is 41.1 Å². The predicted octanol–water partition coefficient (Wildman–Crippen LogP) is 1.77. The van der Waals surface area contributed by atoms with Crippen LogP contribution < -0.4 is 16.0 Å². The van der Waals surface area contributed by atoms with Crippen molar-refractivity contribution in [3.05, 3.63) is 0 Å². The molecule has 5 fully saturated rings. The molecule has 3 saturated heterocycles. The summed E-state index contributed by atoms with van der Waals surface area (Å²) in [7, 11) is 0. The minimum Gasteiger partial charge on any atom is -0.356 e. The quantitative estimate of drug-likeness (QED) is 0.399. The van der Waals surface area contributed by atoms with Gasteiger partial charge in [-0.3, -0.25) is 19.2 Å². The zero-order valence-electron chi connectivity index (χ0n) is 20.5. The molecule has 14 heteroatoms. The van der Waals surface area contributed by atoms with Crippen LogP contribution in [0, 0.1) is 29.1 Å². The smallest absolute Gasteiger partial charge is 0.356 e. The molecule has 2 bridgehead atoms. The van der Waals surface area contributed by atoms with Gasteiger partial charge in [0.25, 0.3) is 5.92 Å². The number of amides is 4. The third-order valence-corrected chi connectivity index (χ3v) is 8.27. The van der Waals surface area contributed by atoms with E-state index < -0.39 is 72.2 Å². The average Bonchev–Trinajstić information content (AvgIpc) is 3.21. The van der Waals surface area contributed by atoms with Gasteiger partial charge in [0.05, 0.1) is 12.0 Å². The largest absolute Gasteiger partial charge is 0.471 e. The van der Waals surface area contributed by atoms with Crippen LogP contribution in [0.2, 0.25) is 0 Å². The van der Waals surface area contributed by atoms with E-state index >= 15 is 0 Å². The van der Waals surface area contributed by atoms with E-state index in [0.717, 1.165) is 11.3 Å². The maximum atomic E-state index is 14.9. The van der Waals surface area contributed by atoms with E-state index in [0.29, 0.717) is 25.8 Å². The summed E-state index contributed by atoms with van der Waals surface area (Å²) in [6.07, 6.45) is -3.56. The van der Waals surface area contributed by atoms with Crippen molar-refractivity contribution in [2.75, 3.05) is 6.54 Å². The molecule has 3 N–H and O–H groups in total. The van der Waals surface area contributed by atoms with E-state index in [9.17, 15) is 46.4 Å². The fourth-order valence-corrected chi connectivity index (χ4v) is 6.08. The lowest BCUT2D eigenvalue weighted by molar-refractivity contribution is -0.196. The molecule has 5 aliphatic rings. The molecule has 2 aliphatic carbocycles. The van der Waals surface area contributed by atoms with Crippen molar-refractivity contribution in [1.82, 2.24) is 20.9 Å². The molecule has 6 unspecified atom stereocenters. The zero-order valence-corrected chi connectivity index (χ0v) is 20.5. The molecular weight excluding hydrogens is 517 g/mol. The third kappa shape index (κ3) is 5.71. The highest BCUT2D eigenvalue weighted by molar-refractivity contribution is 5.94. The number of nitriles is 1. The van der Waals surface area contributed by atoms with Crippen molar-refractivity contribution >= 4 is 23.6 Å². The standard InChI is InChI=1S/C24H30F5N5O4/c25-23(26)10-15-4-5-16(23)18(20(36)32-14(11-30)9-13-6-7-31-19(13)35)34(15)21(37)17(8-12-2-1-3-12)33-22(38)24(27,28)29/h12-18H,1-10H2,(H,31,35)(H,32,36)(H,33,38). The minimum atomic E-state index is -5.25. The van der Waals surface area contributed by atoms with Gasteiger partial charge < -0.3 is 20.9 Å². The lowest BCUT2D eigenvalue weighted by Crippen LogP contribution is -2.71. The molecule has 0 aromatic carbocycles. The van der Waals surface area contributed by atoms with E-state index in [4.69, 9.17) is 0 Å². The lowest BCUT2D eigenvalue weighted by atomic mass is 9.71. The summed E-state index contributed by atoms with van der Waals surface area (Å²) in [6, 6.07) is -3.83. The van der Waals surface area contributed by atoms with E-state index in [2.05, 4.69) is 10.6 Å². The van der Waals surface area contributed by atoms with Gasteiger partial charge in [-0.2, -0.15) is 18.4 Å². The van der Waals surface area contributed by atoms with Gasteiger partial charge in [0.1, 0.15) is 18.1 Å². The Morgan fingerprint density at radius 2 is 1.82 bits per heavy atom. The SMILES string of the molecule is N#CC(CC1CCNC1=O)NC(=O)C1C2CCC(CC2(F)F)N1C(=O)C(CC1CCC1)NC(=O)C(F)(F)F. The number of carbonyl (C=O) groups is 4. The van der Waals surface area contributed by atoms with Gasteiger partial charge in [-0.25, -0.2) is 8.78 Å². The molecule has 6 atom stereocenters. The summed E-state index contributed by atoms with van der Waals surface area (Å²) in [6.45, 7) is 0.405. The van der Waals surface area contributed by atoms with E-state index in [1.165, 1.54) is 0 Å². The number of hydrogen-bond acceptors (Lipinski definition) is 5. The molecule has 210 valence electrons. The molecule has 4 amide bonds. The molecule has 0 radical (unpaired) electrons. The number of hydrogen-bond donors (Lipinski definition) is 3. The molecule has 5 rings (SSSR count). The maximum Gasteiger partial charge on any atom is 0.471 e. The summed E-state index contributed by atoms with van der Waals surface area (Å²) in [4.78, 5) is 51.5. The minimum absolute atomic E-state index is 0.0504. The maximum absolute atomic E-state index is 14.9. The first-order chi connectivity index (χ1) is 17.8. The Hall–Kier alpha value is -2.98. The molecule has 3 heterocycles. The number of fused-ring (bicyclic) bond motifs is 3. The summed E-state index contributed by atoms with van der Waals surface area (Å²) < 4.78 is 68.9. The Labute approximate surface area is 215 Å². The van der Waals surface area contributed by atoms with Gasteiger partial charge in [-0.15, -0.1) is 0 Å². The zero-order chi connectivity index (χ0) is 27.8. The van der Waals surface area contributed by atoms with Crippen LogP contribution in [-0.2, 0) is 19.2 Å². The molecule has 38 heavy (non-hydrogen) atoms. The van der Waals surface area contributed by atoms with Crippen LogP contribution in [0.1, 0.15) is 57.8 Å². The first-order valence-electron chi connectivity index (χ1n) is 12.9. The fourth-order valence-electron chi connectivity index (χ4n) is 6.08. The van der Waals surface area contributed by atoms with Gasteiger partial charge >= 0.3 is 12.1 Å². The highest BCUT2D eigenvalue weighted by Gasteiger charge is 2.61. The van der Waals surface area contributed by atoms with Crippen molar-refractivity contribution in [2.24, 2.45) is 17.8 Å². The van der Waals surface area contributed by atoms with Crippen molar-refractivity contribution in [1.29, 1.82) is 5.26 Å². The van der Waals surface area contributed by atoms with Crippen molar-refractivity contribution in [3.63, 3.8) is 0 Å². The van der Waals surface area contributed by atoms with Crippen LogP contribution in [-0.4, -0.2) is 71.3 Å². The number of nitrogens with zero attached hydrogens (tertiary/aromatic N) is 2.